The van der Waals surface area contributed by atoms with E-state index in [9.17, 15) is 4.79 Å². The van der Waals surface area contributed by atoms with E-state index >= 15 is 0 Å². The molecule has 0 spiro atoms. The lowest BCUT2D eigenvalue weighted by molar-refractivity contribution is 0.0953. The van der Waals surface area contributed by atoms with Gasteiger partial charge in [-0.2, -0.15) is 0 Å². The molecule has 0 radical (unpaired) electrons. The van der Waals surface area contributed by atoms with Crippen molar-refractivity contribution in [2.45, 2.75) is 6.42 Å². The Balaban J connectivity index is 0.00000264. The maximum Gasteiger partial charge on any atom is 0.252 e. The molecular weight excluding hydrogens is 347 g/mol. The number of amides is 1. The fourth-order valence-corrected chi connectivity index (χ4v) is 2.07. The Bertz CT molecular complexity index is 593. The molecule has 0 fully saturated rings. The van der Waals surface area contributed by atoms with E-state index in [-0.39, 0.29) is 30.7 Å². The van der Waals surface area contributed by atoms with Crippen LogP contribution in [0.15, 0.2) is 48.7 Å². The van der Waals surface area contributed by atoms with Gasteiger partial charge in [0.1, 0.15) is 5.82 Å². The van der Waals surface area contributed by atoms with Crippen molar-refractivity contribution >= 4 is 42.2 Å². The summed E-state index contributed by atoms with van der Waals surface area (Å²) in [6.45, 7) is 1.55. The van der Waals surface area contributed by atoms with Crippen molar-refractivity contribution in [2.24, 2.45) is 0 Å². The fraction of sp³-hybridized carbons (Fsp3) is 0.294. The highest BCUT2D eigenvalue weighted by Crippen LogP contribution is 2.20. The van der Waals surface area contributed by atoms with E-state index in [0.29, 0.717) is 12.1 Å². The van der Waals surface area contributed by atoms with E-state index in [1.54, 1.807) is 12.3 Å². The lowest BCUT2D eigenvalue weighted by Gasteiger charge is -2.18. The molecule has 0 aliphatic carbocycles. The Morgan fingerprint density at radius 1 is 1.08 bits per heavy atom. The zero-order chi connectivity index (χ0) is 15.8. The van der Waals surface area contributed by atoms with Gasteiger partial charge in [0.15, 0.2) is 0 Å². The summed E-state index contributed by atoms with van der Waals surface area (Å²) in [6.07, 6.45) is 2.52. The van der Waals surface area contributed by atoms with Crippen LogP contribution in [0.5, 0.6) is 0 Å². The highest BCUT2D eigenvalue weighted by atomic mass is 35.5. The quantitative estimate of drug-likeness (QED) is 0.735. The lowest BCUT2D eigenvalue weighted by atomic mass is 10.2. The summed E-state index contributed by atoms with van der Waals surface area (Å²) >= 11 is 0. The summed E-state index contributed by atoms with van der Waals surface area (Å²) in [5.41, 5.74) is 1.63. The lowest BCUT2D eigenvalue weighted by Crippen LogP contribution is -2.26. The molecule has 0 saturated heterocycles. The van der Waals surface area contributed by atoms with Gasteiger partial charge in [-0.15, -0.1) is 24.8 Å². The van der Waals surface area contributed by atoms with Crippen molar-refractivity contribution in [1.82, 2.24) is 15.6 Å². The van der Waals surface area contributed by atoms with Gasteiger partial charge in [0.2, 0.25) is 0 Å². The molecule has 0 saturated carbocycles. The van der Waals surface area contributed by atoms with Crippen LogP contribution in [0.3, 0.4) is 0 Å². The van der Waals surface area contributed by atoms with Crippen LogP contribution in [-0.4, -0.2) is 38.1 Å². The molecule has 0 aliphatic rings. The van der Waals surface area contributed by atoms with Gasteiger partial charge < -0.3 is 15.5 Å². The van der Waals surface area contributed by atoms with E-state index in [2.05, 4.69) is 15.6 Å². The second-order valence-corrected chi connectivity index (χ2v) is 5.01. The molecular formula is C17H24Cl2N4O. The van der Waals surface area contributed by atoms with Gasteiger partial charge in [0.25, 0.3) is 5.91 Å². The number of carbonyl (C=O) groups excluding carboxylic acids is 1. The summed E-state index contributed by atoms with van der Waals surface area (Å²) < 4.78 is 0. The SMILES string of the molecule is CNCCCNC(=O)c1ccc(N(C)c2ccccc2)nc1.Cl.Cl. The Morgan fingerprint density at radius 3 is 2.38 bits per heavy atom. The third-order valence-electron chi connectivity index (χ3n) is 3.39. The van der Waals surface area contributed by atoms with Gasteiger partial charge in [-0.25, -0.2) is 4.98 Å². The molecule has 2 N–H and O–H groups in total. The molecule has 2 rings (SSSR count). The number of nitrogens with one attached hydrogen (secondary N) is 2. The van der Waals surface area contributed by atoms with E-state index in [0.717, 1.165) is 24.5 Å². The number of halogens is 2. The third-order valence-corrected chi connectivity index (χ3v) is 3.39. The summed E-state index contributed by atoms with van der Waals surface area (Å²) in [6, 6.07) is 13.6. The molecule has 5 nitrogen and oxygen atoms in total. The molecule has 24 heavy (non-hydrogen) atoms. The van der Waals surface area contributed by atoms with Crippen molar-refractivity contribution in [1.29, 1.82) is 0 Å². The van der Waals surface area contributed by atoms with Gasteiger partial charge in [-0.3, -0.25) is 4.79 Å². The van der Waals surface area contributed by atoms with Gasteiger partial charge in [-0.1, -0.05) is 18.2 Å². The first-order chi connectivity index (χ1) is 10.7. The molecule has 1 aromatic heterocycles. The van der Waals surface area contributed by atoms with Gasteiger partial charge >= 0.3 is 0 Å². The summed E-state index contributed by atoms with van der Waals surface area (Å²) in [5, 5.41) is 5.93. The summed E-state index contributed by atoms with van der Waals surface area (Å²) in [5.74, 6) is 0.718. The van der Waals surface area contributed by atoms with Crippen LogP contribution in [0.2, 0.25) is 0 Å². The number of para-hydroxylation sites is 1. The molecule has 132 valence electrons. The average Bonchev–Trinajstić information content (AvgIpc) is 2.59. The Morgan fingerprint density at radius 2 is 1.79 bits per heavy atom. The number of hydrogen-bond donors (Lipinski definition) is 2. The van der Waals surface area contributed by atoms with E-state index in [1.807, 2.05) is 55.4 Å². The van der Waals surface area contributed by atoms with Crippen molar-refractivity contribution in [3.63, 3.8) is 0 Å². The molecule has 1 amide bonds. The van der Waals surface area contributed by atoms with Crippen LogP contribution < -0.4 is 15.5 Å². The van der Waals surface area contributed by atoms with Crippen molar-refractivity contribution in [2.75, 3.05) is 32.1 Å². The van der Waals surface area contributed by atoms with E-state index in [1.165, 1.54) is 0 Å². The number of nitrogens with zero attached hydrogens (tertiary/aromatic N) is 2. The number of carbonyl (C=O) groups is 1. The smallest absolute Gasteiger partial charge is 0.252 e. The number of hydrogen-bond acceptors (Lipinski definition) is 4. The topological polar surface area (TPSA) is 57.3 Å². The van der Waals surface area contributed by atoms with Crippen LogP contribution >= 0.6 is 24.8 Å². The van der Waals surface area contributed by atoms with E-state index in [4.69, 9.17) is 0 Å². The first-order valence-electron chi connectivity index (χ1n) is 7.40. The maximum absolute atomic E-state index is 12.0. The molecule has 0 bridgehead atoms. The van der Waals surface area contributed by atoms with Gasteiger partial charge in [0, 0.05) is 25.5 Å². The zero-order valence-corrected chi connectivity index (χ0v) is 15.5. The third kappa shape index (κ3) is 6.35. The molecule has 0 unspecified atom stereocenters. The highest BCUT2D eigenvalue weighted by Gasteiger charge is 2.08. The molecule has 0 aliphatic heterocycles. The number of benzene rings is 1. The fourth-order valence-electron chi connectivity index (χ4n) is 2.07. The Kier molecular flexibility index (Phi) is 10.8. The normalized spacial score (nSPS) is 9.42. The van der Waals surface area contributed by atoms with Crippen LogP contribution in [-0.2, 0) is 0 Å². The number of pyridine rings is 1. The monoisotopic (exact) mass is 370 g/mol. The van der Waals surface area contributed by atoms with Gasteiger partial charge in [-0.05, 0) is 44.3 Å². The molecule has 0 atom stereocenters. The van der Waals surface area contributed by atoms with Gasteiger partial charge in [0.05, 0.1) is 5.56 Å². The average molecular weight is 371 g/mol. The highest BCUT2D eigenvalue weighted by molar-refractivity contribution is 5.94. The van der Waals surface area contributed by atoms with Crippen LogP contribution in [0.25, 0.3) is 0 Å². The standard InChI is InChI=1S/C17H22N4O.2ClH/c1-18-11-6-12-19-17(22)14-9-10-16(20-13-14)21(2)15-7-4-3-5-8-15;;/h3-5,7-10,13,18H,6,11-12H2,1-2H3,(H,19,22);2*1H. The molecule has 1 heterocycles. The van der Waals surface area contributed by atoms with Crippen molar-refractivity contribution in [3.8, 4) is 0 Å². The number of anilines is 2. The number of aromatic nitrogens is 1. The second kappa shape index (κ2) is 11.7. The zero-order valence-electron chi connectivity index (χ0n) is 13.9. The number of rotatable bonds is 7. The first-order valence-corrected chi connectivity index (χ1v) is 7.40. The second-order valence-electron chi connectivity index (χ2n) is 5.01. The van der Waals surface area contributed by atoms with Crippen LogP contribution in [0.1, 0.15) is 16.8 Å². The van der Waals surface area contributed by atoms with E-state index < -0.39 is 0 Å². The predicted octanol–water partition coefficient (Wildman–Crippen LogP) is 3.03. The van der Waals surface area contributed by atoms with Crippen LogP contribution in [0, 0.1) is 0 Å². The van der Waals surface area contributed by atoms with Crippen molar-refractivity contribution in [3.05, 3.63) is 54.2 Å². The maximum atomic E-state index is 12.0. The minimum atomic E-state index is -0.0856. The predicted molar refractivity (Wildman–Crippen MR) is 104 cm³/mol. The first kappa shape index (κ1) is 22.2. The molecule has 7 heteroatoms. The largest absolute Gasteiger partial charge is 0.352 e. The Hall–Kier alpha value is -1.82. The molecule has 2 aromatic rings. The minimum absolute atomic E-state index is 0. The molecule has 1 aromatic carbocycles. The summed E-state index contributed by atoms with van der Waals surface area (Å²) in [4.78, 5) is 18.3. The van der Waals surface area contributed by atoms with Crippen LogP contribution in [0.4, 0.5) is 11.5 Å². The minimum Gasteiger partial charge on any atom is -0.352 e. The summed E-state index contributed by atoms with van der Waals surface area (Å²) in [7, 11) is 3.85. The Labute approximate surface area is 155 Å². The van der Waals surface area contributed by atoms with Crippen molar-refractivity contribution < 1.29 is 4.79 Å².